The van der Waals surface area contributed by atoms with Crippen LogP contribution in [0.25, 0.3) is 0 Å². The first-order valence-electron chi connectivity index (χ1n) is 7.95. The van der Waals surface area contributed by atoms with Gasteiger partial charge in [-0.15, -0.1) is 0 Å². The fourth-order valence-corrected chi connectivity index (χ4v) is 2.69. The van der Waals surface area contributed by atoms with Gasteiger partial charge < -0.3 is 15.0 Å². The van der Waals surface area contributed by atoms with E-state index in [1.807, 2.05) is 50.2 Å². The van der Waals surface area contributed by atoms with Gasteiger partial charge in [-0.2, -0.15) is 0 Å². The predicted octanol–water partition coefficient (Wildman–Crippen LogP) is 3.39. The van der Waals surface area contributed by atoms with E-state index in [9.17, 15) is 4.79 Å². The van der Waals surface area contributed by atoms with Crippen LogP contribution in [0.2, 0.25) is 0 Å². The summed E-state index contributed by atoms with van der Waals surface area (Å²) < 4.78 is 5.38. The fourth-order valence-electron chi connectivity index (χ4n) is 2.69. The molecule has 0 unspecified atom stereocenters. The number of ether oxygens (including phenoxy) is 1. The van der Waals surface area contributed by atoms with Crippen LogP contribution in [-0.4, -0.2) is 32.2 Å². The van der Waals surface area contributed by atoms with Crippen LogP contribution < -0.4 is 10.2 Å². The maximum atomic E-state index is 12.4. The van der Waals surface area contributed by atoms with Crippen LogP contribution in [0, 0.1) is 13.8 Å². The molecule has 0 spiro atoms. The second-order valence-corrected chi connectivity index (χ2v) is 5.90. The number of nitrogens with zero attached hydrogens (tertiary/aromatic N) is 1. The van der Waals surface area contributed by atoms with Gasteiger partial charge >= 0.3 is 0 Å². The van der Waals surface area contributed by atoms with Crippen LogP contribution >= 0.6 is 0 Å². The smallest absolute Gasteiger partial charge is 0.255 e. The van der Waals surface area contributed by atoms with E-state index >= 15 is 0 Å². The first kappa shape index (κ1) is 15.6. The highest BCUT2D eigenvalue weighted by molar-refractivity contribution is 6.04. The van der Waals surface area contributed by atoms with Gasteiger partial charge in [0.05, 0.1) is 13.2 Å². The minimum absolute atomic E-state index is 0.0766. The molecule has 0 radical (unpaired) electrons. The van der Waals surface area contributed by atoms with Gasteiger partial charge in [0.25, 0.3) is 5.91 Å². The van der Waals surface area contributed by atoms with Crippen LogP contribution in [0.1, 0.15) is 21.5 Å². The molecule has 2 aromatic rings. The molecule has 3 rings (SSSR count). The standard InChI is InChI=1S/C19H22N2O2/c1-14-6-7-16(12-15(14)2)19(22)20-17-4-3-5-18(13-17)21-8-10-23-11-9-21/h3-7,12-13H,8-11H2,1-2H3,(H,20,22). The van der Waals surface area contributed by atoms with Crippen molar-refractivity contribution in [1.29, 1.82) is 0 Å². The largest absolute Gasteiger partial charge is 0.378 e. The Kier molecular flexibility index (Phi) is 4.63. The van der Waals surface area contributed by atoms with E-state index in [0.717, 1.165) is 43.2 Å². The van der Waals surface area contributed by atoms with E-state index in [4.69, 9.17) is 4.74 Å². The Hall–Kier alpha value is -2.33. The van der Waals surface area contributed by atoms with E-state index in [0.29, 0.717) is 5.56 Å². The minimum atomic E-state index is -0.0766. The number of amides is 1. The summed E-state index contributed by atoms with van der Waals surface area (Å²) >= 11 is 0. The molecule has 0 aromatic heterocycles. The zero-order valence-electron chi connectivity index (χ0n) is 13.6. The highest BCUT2D eigenvalue weighted by atomic mass is 16.5. The molecule has 4 nitrogen and oxygen atoms in total. The first-order valence-corrected chi connectivity index (χ1v) is 7.95. The normalized spacial score (nSPS) is 14.6. The third-order valence-electron chi connectivity index (χ3n) is 4.25. The topological polar surface area (TPSA) is 41.6 Å². The summed E-state index contributed by atoms with van der Waals surface area (Å²) in [6.45, 7) is 7.33. The van der Waals surface area contributed by atoms with Crippen molar-refractivity contribution in [3.8, 4) is 0 Å². The van der Waals surface area contributed by atoms with Gasteiger partial charge in [-0.3, -0.25) is 4.79 Å². The van der Waals surface area contributed by atoms with E-state index < -0.39 is 0 Å². The summed E-state index contributed by atoms with van der Waals surface area (Å²) in [7, 11) is 0. The van der Waals surface area contributed by atoms with Crippen molar-refractivity contribution in [2.75, 3.05) is 36.5 Å². The molecule has 1 saturated heterocycles. The van der Waals surface area contributed by atoms with Gasteiger partial charge in [-0.25, -0.2) is 0 Å². The molecule has 1 aliphatic heterocycles. The maximum absolute atomic E-state index is 12.4. The first-order chi connectivity index (χ1) is 11.1. The second kappa shape index (κ2) is 6.84. The summed E-state index contributed by atoms with van der Waals surface area (Å²) in [6, 6.07) is 13.7. The molecule has 0 bridgehead atoms. The quantitative estimate of drug-likeness (QED) is 0.945. The van der Waals surface area contributed by atoms with Crippen molar-refractivity contribution in [2.24, 2.45) is 0 Å². The highest BCUT2D eigenvalue weighted by Gasteiger charge is 2.12. The fraction of sp³-hybridized carbons (Fsp3) is 0.316. The number of hydrogen-bond donors (Lipinski definition) is 1. The van der Waals surface area contributed by atoms with Crippen LogP contribution in [0.4, 0.5) is 11.4 Å². The van der Waals surface area contributed by atoms with Crippen molar-refractivity contribution in [3.05, 3.63) is 59.2 Å². The molecular weight excluding hydrogens is 288 g/mol. The van der Waals surface area contributed by atoms with E-state index in [2.05, 4.69) is 16.3 Å². The summed E-state index contributed by atoms with van der Waals surface area (Å²) in [5, 5.41) is 2.99. The van der Waals surface area contributed by atoms with E-state index in [1.54, 1.807) is 0 Å². The predicted molar refractivity (Wildman–Crippen MR) is 93.3 cm³/mol. The zero-order valence-corrected chi connectivity index (χ0v) is 13.6. The number of morpholine rings is 1. The molecule has 0 saturated carbocycles. The van der Waals surface area contributed by atoms with Crippen LogP contribution in [0.15, 0.2) is 42.5 Å². The average molecular weight is 310 g/mol. The molecule has 4 heteroatoms. The minimum Gasteiger partial charge on any atom is -0.378 e. The lowest BCUT2D eigenvalue weighted by atomic mass is 10.1. The van der Waals surface area contributed by atoms with Gasteiger partial charge in [0, 0.05) is 30.0 Å². The van der Waals surface area contributed by atoms with E-state index in [1.165, 1.54) is 5.56 Å². The monoisotopic (exact) mass is 310 g/mol. The SMILES string of the molecule is Cc1ccc(C(=O)Nc2cccc(N3CCOCC3)c2)cc1C. The molecule has 1 fully saturated rings. The van der Waals surface area contributed by atoms with Gasteiger partial charge in [0.15, 0.2) is 0 Å². The zero-order chi connectivity index (χ0) is 16.2. The maximum Gasteiger partial charge on any atom is 0.255 e. The van der Waals surface area contributed by atoms with Gasteiger partial charge in [-0.1, -0.05) is 12.1 Å². The second-order valence-electron chi connectivity index (χ2n) is 5.90. The van der Waals surface area contributed by atoms with Crippen LogP contribution in [-0.2, 0) is 4.74 Å². The lowest BCUT2D eigenvalue weighted by molar-refractivity contribution is 0.102. The molecule has 23 heavy (non-hydrogen) atoms. The Balaban J connectivity index is 1.74. The number of carbonyl (C=O) groups excluding carboxylic acids is 1. The number of aryl methyl sites for hydroxylation is 2. The summed E-state index contributed by atoms with van der Waals surface area (Å²) in [5.74, 6) is -0.0766. The molecule has 1 amide bonds. The molecular formula is C19H22N2O2. The summed E-state index contributed by atoms with van der Waals surface area (Å²) in [5.41, 5.74) is 4.93. The molecule has 1 heterocycles. The van der Waals surface area contributed by atoms with E-state index in [-0.39, 0.29) is 5.91 Å². The molecule has 120 valence electrons. The Morgan fingerprint density at radius 3 is 2.57 bits per heavy atom. The Morgan fingerprint density at radius 1 is 1.04 bits per heavy atom. The third-order valence-corrected chi connectivity index (χ3v) is 4.25. The van der Waals surface area contributed by atoms with Crippen LogP contribution in [0.3, 0.4) is 0 Å². The molecule has 0 aliphatic carbocycles. The number of hydrogen-bond acceptors (Lipinski definition) is 3. The lowest BCUT2D eigenvalue weighted by Crippen LogP contribution is -2.36. The summed E-state index contributed by atoms with van der Waals surface area (Å²) in [4.78, 5) is 14.7. The van der Waals surface area contributed by atoms with Gasteiger partial charge in [-0.05, 0) is 55.3 Å². The Bertz CT molecular complexity index is 706. The van der Waals surface area contributed by atoms with Crippen molar-refractivity contribution < 1.29 is 9.53 Å². The van der Waals surface area contributed by atoms with Crippen molar-refractivity contribution in [3.63, 3.8) is 0 Å². The number of benzene rings is 2. The van der Waals surface area contributed by atoms with Crippen molar-refractivity contribution in [1.82, 2.24) is 0 Å². The lowest BCUT2D eigenvalue weighted by Gasteiger charge is -2.29. The Labute approximate surface area is 137 Å². The molecule has 1 N–H and O–H groups in total. The number of nitrogens with one attached hydrogen (secondary N) is 1. The highest BCUT2D eigenvalue weighted by Crippen LogP contribution is 2.21. The Morgan fingerprint density at radius 2 is 1.83 bits per heavy atom. The number of carbonyl (C=O) groups is 1. The van der Waals surface area contributed by atoms with Crippen molar-refractivity contribution >= 4 is 17.3 Å². The summed E-state index contributed by atoms with van der Waals surface area (Å²) in [6.07, 6.45) is 0. The molecule has 2 aromatic carbocycles. The van der Waals surface area contributed by atoms with Gasteiger partial charge in [0.2, 0.25) is 0 Å². The van der Waals surface area contributed by atoms with Crippen LogP contribution in [0.5, 0.6) is 0 Å². The number of rotatable bonds is 3. The third kappa shape index (κ3) is 3.71. The molecule has 0 atom stereocenters. The van der Waals surface area contributed by atoms with Crippen molar-refractivity contribution in [2.45, 2.75) is 13.8 Å². The van der Waals surface area contributed by atoms with Gasteiger partial charge in [0.1, 0.15) is 0 Å². The average Bonchev–Trinajstić information content (AvgIpc) is 2.58. The molecule has 1 aliphatic rings. The number of anilines is 2.